The molecule has 27 heavy (non-hydrogen) atoms. The van der Waals surface area contributed by atoms with E-state index in [9.17, 15) is 9.59 Å². The standard InChI is InChI=1S/C19H24I3NO4/c1-19(2,3)27-18(25)23-7-4-12(5-8-23)6-9-26-17(24)14-10-13(20)11-15(21)16(14)22/h10-12H,4-9H2,1-3H3. The van der Waals surface area contributed by atoms with Gasteiger partial charge in [0.2, 0.25) is 0 Å². The first-order valence-electron chi connectivity index (χ1n) is 8.86. The topological polar surface area (TPSA) is 55.8 Å². The molecule has 1 saturated heterocycles. The zero-order valence-electron chi connectivity index (χ0n) is 15.7. The third-order valence-corrected chi connectivity index (χ3v) is 7.91. The summed E-state index contributed by atoms with van der Waals surface area (Å²) in [5.74, 6) is 0.202. The van der Waals surface area contributed by atoms with Crippen LogP contribution in [0.1, 0.15) is 50.4 Å². The first kappa shape index (κ1) is 23.4. The van der Waals surface area contributed by atoms with Crippen molar-refractivity contribution in [3.63, 3.8) is 0 Å². The van der Waals surface area contributed by atoms with Crippen LogP contribution in [0.5, 0.6) is 0 Å². The molecule has 0 aromatic heterocycles. The molecule has 0 N–H and O–H groups in total. The maximum absolute atomic E-state index is 12.4. The molecule has 0 bridgehead atoms. The number of carbonyl (C=O) groups is 2. The van der Waals surface area contributed by atoms with Crippen LogP contribution < -0.4 is 0 Å². The van der Waals surface area contributed by atoms with E-state index in [4.69, 9.17) is 9.47 Å². The van der Waals surface area contributed by atoms with Crippen molar-refractivity contribution in [1.29, 1.82) is 0 Å². The second kappa shape index (κ2) is 10.3. The van der Waals surface area contributed by atoms with Gasteiger partial charge in [-0.05, 0) is 126 Å². The zero-order chi connectivity index (χ0) is 20.2. The summed E-state index contributed by atoms with van der Waals surface area (Å²) in [5, 5.41) is 0. The van der Waals surface area contributed by atoms with Crippen LogP contribution in [-0.4, -0.2) is 42.3 Å². The fourth-order valence-corrected chi connectivity index (χ4v) is 5.21. The van der Waals surface area contributed by atoms with Gasteiger partial charge in [0.25, 0.3) is 0 Å². The van der Waals surface area contributed by atoms with Crippen LogP contribution in [0.15, 0.2) is 12.1 Å². The lowest BCUT2D eigenvalue weighted by atomic mass is 9.94. The van der Waals surface area contributed by atoms with Gasteiger partial charge in [0, 0.05) is 23.8 Å². The SMILES string of the molecule is CC(C)(C)OC(=O)N1CCC(CCOC(=O)c2cc(I)cc(I)c2I)CC1. The highest BCUT2D eigenvalue weighted by Crippen LogP contribution is 2.25. The number of rotatable bonds is 4. The molecule has 1 aromatic carbocycles. The average molecular weight is 711 g/mol. The number of amides is 1. The van der Waals surface area contributed by atoms with Crippen LogP contribution in [0.25, 0.3) is 0 Å². The van der Waals surface area contributed by atoms with Gasteiger partial charge in [-0.15, -0.1) is 0 Å². The summed E-state index contributed by atoms with van der Waals surface area (Å²) in [6.45, 7) is 7.43. The summed E-state index contributed by atoms with van der Waals surface area (Å²) >= 11 is 6.63. The molecular weight excluding hydrogens is 687 g/mol. The van der Waals surface area contributed by atoms with Gasteiger partial charge < -0.3 is 14.4 Å². The minimum atomic E-state index is -0.466. The van der Waals surface area contributed by atoms with Crippen molar-refractivity contribution in [3.05, 3.63) is 28.4 Å². The largest absolute Gasteiger partial charge is 0.462 e. The smallest absolute Gasteiger partial charge is 0.410 e. The van der Waals surface area contributed by atoms with Crippen molar-refractivity contribution < 1.29 is 19.1 Å². The highest BCUT2D eigenvalue weighted by atomic mass is 127. The van der Waals surface area contributed by atoms with Gasteiger partial charge in [-0.25, -0.2) is 9.59 Å². The molecule has 0 atom stereocenters. The lowest BCUT2D eigenvalue weighted by Crippen LogP contribution is -2.41. The third-order valence-electron chi connectivity index (χ3n) is 4.24. The summed E-state index contributed by atoms with van der Waals surface area (Å²) in [5.41, 5.74) is 0.166. The lowest BCUT2D eigenvalue weighted by molar-refractivity contribution is 0.0169. The number of carbonyl (C=O) groups excluding carboxylic acids is 2. The predicted molar refractivity (Wildman–Crippen MR) is 130 cm³/mol. The maximum Gasteiger partial charge on any atom is 0.410 e. The number of hydrogen-bond donors (Lipinski definition) is 0. The summed E-state index contributed by atoms with van der Waals surface area (Å²) in [4.78, 5) is 26.3. The number of esters is 1. The van der Waals surface area contributed by atoms with Crippen molar-refractivity contribution in [2.45, 2.75) is 45.6 Å². The average Bonchev–Trinajstić information content (AvgIpc) is 2.57. The van der Waals surface area contributed by atoms with Crippen molar-refractivity contribution in [1.82, 2.24) is 4.90 Å². The van der Waals surface area contributed by atoms with Crippen LogP contribution in [0.4, 0.5) is 4.79 Å². The Hall–Kier alpha value is 0.150. The molecule has 1 fully saturated rings. The van der Waals surface area contributed by atoms with Crippen LogP contribution in [0, 0.1) is 16.6 Å². The molecule has 0 aliphatic carbocycles. The predicted octanol–water partition coefficient (Wildman–Crippen LogP) is 5.69. The van der Waals surface area contributed by atoms with Gasteiger partial charge in [-0.1, -0.05) is 0 Å². The second-order valence-electron chi connectivity index (χ2n) is 7.58. The Bertz CT molecular complexity index is 695. The number of nitrogens with zero attached hydrogens (tertiary/aromatic N) is 1. The van der Waals surface area contributed by atoms with Gasteiger partial charge in [0.1, 0.15) is 5.60 Å². The zero-order valence-corrected chi connectivity index (χ0v) is 22.2. The molecule has 1 aromatic rings. The Morgan fingerprint density at radius 2 is 1.78 bits per heavy atom. The normalized spacial score (nSPS) is 15.6. The fourth-order valence-electron chi connectivity index (χ4n) is 2.83. The Balaban J connectivity index is 1.76. The first-order valence-corrected chi connectivity index (χ1v) is 12.1. The van der Waals surface area contributed by atoms with E-state index in [1.807, 2.05) is 32.9 Å². The van der Waals surface area contributed by atoms with E-state index >= 15 is 0 Å². The maximum atomic E-state index is 12.4. The van der Waals surface area contributed by atoms with Crippen molar-refractivity contribution >= 4 is 79.8 Å². The van der Waals surface area contributed by atoms with Crippen molar-refractivity contribution in [2.75, 3.05) is 19.7 Å². The minimum absolute atomic E-state index is 0.241. The molecule has 1 amide bonds. The van der Waals surface area contributed by atoms with Gasteiger partial charge in [-0.3, -0.25) is 0 Å². The third kappa shape index (κ3) is 7.48. The molecule has 0 radical (unpaired) electrons. The molecule has 1 heterocycles. The van der Waals surface area contributed by atoms with Crippen LogP contribution in [0.3, 0.4) is 0 Å². The van der Waals surface area contributed by atoms with Gasteiger partial charge >= 0.3 is 12.1 Å². The molecule has 5 nitrogen and oxygen atoms in total. The monoisotopic (exact) mass is 711 g/mol. The van der Waals surface area contributed by atoms with Gasteiger partial charge in [0.15, 0.2) is 0 Å². The van der Waals surface area contributed by atoms with Crippen molar-refractivity contribution in [3.8, 4) is 0 Å². The van der Waals surface area contributed by atoms with E-state index in [0.29, 0.717) is 31.2 Å². The van der Waals surface area contributed by atoms with E-state index in [-0.39, 0.29) is 12.1 Å². The van der Waals surface area contributed by atoms with E-state index in [0.717, 1.165) is 30.0 Å². The number of ether oxygens (including phenoxy) is 2. The molecular formula is C19H24I3NO4. The Morgan fingerprint density at radius 1 is 1.15 bits per heavy atom. The molecule has 8 heteroatoms. The Kier molecular flexibility index (Phi) is 8.90. The quantitative estimate of drug-likeness (QED) is 0.229. The van der Waals surface area contributed by atoms with Gasteiger partial charge in [-0.2, -0.15) is 0 Å². The summed E-state index contributed by atoms with van der Waals surface area (Å²) in [7, 11) is 0. The summed E-state index contributed by atoms with van der Waals surface area (Å²) in [6.07, 6.45) is 2.41. The Morgan fingerprint density at radius 3 is 2.37 bits per heavy atom. The van der Waals surface area contributed by atoms with E-state index < -0.39 is 5.60 Å². The number of benzene rings is 1. The number of likely N-dealkylation sites (tertiary alicyclic amines) is 1. The molecule has 0 spiro atoms. The number of piperidine rings is 1. The summed E-state index contributed by atoms with van der Waals surface area (Å²) < 4.78 is 13.9. The van der Waals surface area contributed by atoms with Crippen LogP contribution in [-0.2, 0) is 9.47 Å². The van der Waals surface area contributed by atoms with Crippen LogP contribution in [0.2, 0.25) is 0 Å². The second-order valence-corrected chi connectivity index (χ2v) is 11.1. The van der Waals surface area contributed by atoms with E-state index in [1.165, 1.54) is 0 Å². The molecule has 150 valence electrons. The number of halogens is 3. The van der Waals surface area contributed by atoms with Gasteiger partial charge in [0.05, 0.1) is 12.2 Å². The van der Waals surface area contributed by atoms with E-state index in [1.54, 1.807) is 4.90 Å². The highest BCUT2D eigenvalue weighted by molar-refractivity contribution is 14.1. The van der Waals surface area contributed by atoms with E-state index in [2.05, 4.69) is 67.8 Å². The minimum Gasteiger partial charge on any atom is -0.462 e. The van der Waals surface area contributed by atoms with Crippen LogP contribution >= 0.6 is 67.8 Å². The first-order chi connectivity index (χ1) is 12.6. The van der Waals surface area contributed by atoms with Crippen molar-refractivity contribution in [2.24, 2.45) is 5.92 Å². The molecule has 2 rings (SSSR count). The fraction of sp³-hybridized carbons (Fsp3) is 0.579. The molecule has 0 saturated carbocycles. The summed E-state index contributed by atoms with van der Waals surface area (Å²) in [6, 6.07) is 3.91. The molecule has 1 aliphatic heterocycles. The number of hydrogen-bond acceptors (Lipinski definition) is 4. The Labute approximate surface area is 201 Å². The lowest BCUT2D eigenvalue weighted by Gasteiger charge is -2.33. The molecule has 1 aliphatic rings. The highest BCUT2D eigenvalue weighted by Gasteiger charge is 2.27. The molecule has 0 unspecified atom stereocenters.